The minimum Gasteiger partial charge on any atom is -0.481 e. The number of aliphatic hydroxyl groups excluding tert-OH is 1. The highest BCUT2D eigenvalue weighted by molar-refractivity contribution is 5.70. The topological polar surface area (TPSA) is 116 Å². The van der Waals surface area contributed by atoms with Gasteiger partial charge in [-0.15, -0.1) is 0 Å². The fourth-order valence-electron chi connectivity index (χ4n) is 6.83. The molecule has 2 aliphatic rings. The molecule has 1 aliphatic carbocycles. The van der Waals surface area contributed by atoms with E-state index in [1.807, 2.05) is 13.8 Å². The number of aliphatic carboxylic acids is 1. The van der Waals surface area contributed by atoms with Crippen molar-refractivity contribution in [3.63, 3.8) is 0 Å². The number of aromatic nitrogens is 2. The molecule has 2 fully saturated rings. The molecule has 14 heteroatoms. The molecule has 1 unspecified atom stereocenters. The third-order valence-corrected chi connectivity index (χ3v) is 9.51. The Kier molecular flexibility index (Phi) is 12.2. The van der Waals surface area contributed by atoms with Crippen LogP contribution in [-0.4, -0.2) is 68.0 Å². The number of amides is 1. The molecule has 2 aromatic rings. The van der Waals surface area contributed by atoms with Crippen LogP contribution >= 0.6 is 0 Å². The number of hydrogen-bond acceptors (Lipinski definition) is 7. The largest absolute Gasteiger partial charge is 0.481 e. The van der Waals surface area contributed by atoms with Gasteiger partial charge in [-0.1, -0.05) is 13.8 Å². The van der Waals surface area contributed by atoms with Gasteiger partial charge in [-0.05, 0) is 93.5 Å². The van der Waals surface area contributed by atoms with Crippen LogP contribution in [-0.2, 0) is 34.6 Å². The molecule has 1 saturated heterocycles. The number of aryl methyl sites for hydroxylation is 1. The number of piperidine rings is 1. The Bertz CT molecular complexity index is 1330. The summed E-state index contributed by atoms with van der Waals surface area (Å²) in [5.74, 6) is -4.59. The number of carboxylic acids is 1. The summed E-state index contributed by atoms with van der Waals surface area (Å²) in [7, 11) is 0. The van der Waals surface area contributed by atoms with E-state index in [-0.39, 0.29) is 48.9 Å². The molecule has 0 bridgehead atoms. The molecular formula is C34H45F5N4O5. The van der Waals surface area contributed by atoms with Crippen molar-refractivity contribution in [3.8, 4) is 0 Å². The lowest BCUT2D eigenvalue weighted by molar-refractivity contribution is -0.143. The Balaban J connectivity index is 1.64. The Hall–Kier alpha value is -3.55. The maximum absolute atomic E-state index is 14.4. The lowest BCUT2D eigenvalue weighted by atomic mass is 9.87. The number of halogens is 5. The van der Waals surface area contributed by atoms with Gasteiger partial charge < -0.3 is 24.7 Å². The highest BCUT2D eigenvalue weighted by atomic mass is 19.4. The van der Waals surface area contributed by atoms with Crippen molar-refractivity contribution in [3.05, 3.63) is 52.8 Å². The van der Waals surface area contributed by atoms with E-state index in [9.17, 15) is 41.8 Å². The van der Waals surface area contributed by atoms with Gasteiger partial charge in [0.25, 0.3) is 5.92 Å². The van der Waals surface area contributed by atoms with Crippen LogP contribution in [0.25, 0.3) is 0 Å². The van der Waals surface area contributed by atoms with Gasteiger partial charge in [0.05, 0.1) is 11.5 Å². The standard InChI is InChI=1S/C34H45F5N4O5/c1-4-26-16-28(17-27(5-2)43(26)32(47)48-29-10-8-23(9-11-29)30(45)46)42(31-40-18-21(19-41-31)7-6-12-44)20-22-13-24(33(3,35)36)15-25(14-22)34(37,38)39/h13-15,18-19,23,26-29,44H,4-12,16-17,20H2,1-3H3,(H,45,46)/t23?,26-,27+,28?,29?. The minimum absolute atomic E-state index is 0.0186. The minimum atomic E-state index is -4.84. The third kappa shape index (κ3) is 9.32. The summed E-state index contributed by atoms with van der Waals surface area (Å²) < 4.78 is 76.3. The number of rotatable bonds is 12. The molecule has 3 atom stereocenters. The van der Waals surface area contributed by atoms with Gasteiger partial charge in [0.2, 0.25) is 5.95 Å². The lowest BCUT2D eigenvalue weighted by Gasteiger charge is -2.47. The summed E-state index contributed by atoms with van der Waals surface area (Å²) in [5, 5.41) is 18.5. The summed E-state index contributed by atoms with van der Waals surface area (Å²) in [6.07, 6.45) is 2.18. The monoisotopic (exact) mass is 684 g/mol. The van der Waals surface area contributed by atoms with Crippen molar-refractivity contribution in [2.24, 2.45) is 5.92 Å². The quantitative estimate of drug-likeness (QED) is 0.223. The average molecular weight is 685 g/mol. The van der Waals surface area contributed by atoms with Crippen molar-refractivity contribution in [1.82, 2.24) is 14.9 Å². The third-order valence-electron chi connectivity index (χ3n) is 9.51. The molecular weight excluding hydrogens is 639 g/mol. The number of carbonyl (C=O) groups excluding carboxylic acids is 1. The van der Waals surface area contributed by atoms with Gasteiger partial charge in [0.1, 0.15) is 6.10 Å². The van der Waals surface area contributed by atoms with E-state index in [1.165, 1.54) is 0 Å². The summed E-state index contributed by atoms with van der Waals surface area (Å²) in [6.45, 7) is 4.21. The molecule has 9 nitrogen and oxygen atoms in total. The van der Waals surface area contributed by atoms with Crippen LogP contribution in [0.1, 0.15) is 101 Å². The average Bonchev–Trinajstić information content (AvgIpc) is 3.05. The zero-order valence-corrected chi connectivity index (χ0v) is 27.6. The lowest BCUT2D eigenvalue weighted by Crippen LogP contribution is -2.57. The first-order valence-corrected chi connectivity index (χ1v) is 16.6. The van der Waals surface area contributed by atoms with Gasteiger partial charge in [-0.3, -0.25) is 4.79 Å². The highest BCUT2D eigenvalue weighted by Crippen LogP contribution is 2.38. The van der Waals surface area contributed by atoms with Crippen LogP contribution in [0, 0.1) is 5.92 Å². The molecule has 1 aromatic heterocycles. The Morgan fingerprint density at radius 1 is 0.938 bits per heavy atom. The molecule has 2 N–H and O–H groups in total. The van der Waals surface area contributed by atoms with Crippen molar-refractivity contribution >= 4 is 18.0 Å². The first kappa shape index (κ1) is 37.3. The van der Waals surface area contributed by atoms with Gasteiger partial charge >= 0.3 is 18.2 Å². The number of carboxylic acid groups (broad SMARTS) is 1. The van der Waals surface area contributed by atoms with Gasteiger partial charge in [-0.2, -0.15) is 13.2 Å². The van der Waals surface area contributed by atoms with Crippen LogP contribution in [0.5, 0.6) is 0 Å². The van der Waals surface area contributed by atoms with E-state index in [4.69, 9.17) is 4.74 Å². The number of nitrogens with zero attached hydrogens (tertiary/aromatic N) is 4. The molecule has 48 heavy (non-hydrogen) atoms. The second kappa shape index (κ2) is 15.8. The normalized spacial score (nSPS) is 23.5. The zero-order chi connectivity index (χ0) is 35.2. The van der Waals surface area contributed by atoms with Crippen LogP contribution < -0.4 is 4.90 Å². The smallest absolute Gasteiger partial charge is 0.416 e. The Morgan fingerprint density at radius 2 is 1.52 bits per heavy atom. The molecule has 266 valence electrons. The van der Waals surface area contributed by atoms with E-state index in [0.717, 1.165) is 17.7 Å². The fraction of sp³-hybridized carbons (Fsp3) is 0.647. The molecule has 1 saturated carbocycles. The molecule has 1 aliphatic heterocycles. The number of carbonyl (C=O) groups is 2. The fourth-order valence-corrected chi connectivity index (χ4v) is 6.83. The molecule has 2 heterocycles. The number of anilines is 1. The van der Waals surface area contributed by atoms with Gasteiger partial charge in [0.15, 0.2) is 0 Å². The highest BCUT2D eigenvalue weighted by Gasteiger charge is 2.42. The molecule has 0 spiro atoms. The molecule has 1 aromatic carbocycles. The molecule has 4 rings (SSSR count). The van der Waals surface area contributed by atoms with Crippen LogP contribution in [0.4, 0.5) is 32.7 Å². The Labute approximate surface area is 277 Å². The SMILES string of the molecule is CC[C@@H]1CC(N(Cc2cc(C(C)(F)F)cc(C(F)(F)F)c2)c2ncc(CCCO)cn2)C[C@H](CC)N1C(=O)OC1CCC(C(=O)O)CC1. The van der Waals surface area contributed by atoms with Crippen molar-refractivity contribution < 1.29 is 46.5 Å². The van der Waals surface area contributed by atoms with Gasteiger partial charge in [-0.25, -0.2) is 23.5 Å². The second-order valence-corrected chi connectivity index (χ2v) is 13.0. The number of aliphatic hydroxyl groups is 1. The van der Waals surface area contributed by atoms with Crippen molar-refractivity contribution in [1.29, 1.82) is 0 Å². The summed E-state index contributed by atoms with van der Waals surface area (Å²) in [4.78, 5) is 37.5. The number of likely N-dealkylation sites (tertiary alicyclic amines) is 1. The molecule has 1 amide bonds. The van der Waals surface area contributed by atoms with E-state index in [1.54, 1.807) is 22.2 Å². The maximum Gasteiger partial charge on any atom is 0.416 e. The number of hydrogen-bond donors (Lipinski definition) is 2. The zero-order valence-electron chi connectivity index (χ0n) is 27.6. The first-order chi connectivity index (χ1) is 22.6. The van der Waals surface area contributed by atoms with Crippen molar-refractivity contribution in [2.75, 3.05) is 11.5 Å². The van der Waals surface area contributed by atoms with Crippen LogP contribution in [0.3, 0.4) is 0 Å². The van der Waals surface area contributed by atoms with E-state index >= 15 is 0 Å². The summed E-state index contributed by atoms with van der Waals surface area (Å²) in [5.41, 5.74) is -1.15. The van der Waals surface area contributed by atoms with E-state index in [0.29, 0.717) is 77.2 Å². The second-order valence-electron chi connectivity index (χ2n) is 13.0. The summed E-state index contributed by atoms with van der Waals surface area (Å²) in [6, 6.07) is 1.45. The maximum atomic E-state index is 14.4. The number of ether oxygens (including phenoxy) is 1. The molecule has 0 radical (unpaired) electrons. The van der Waals surface area contributed by atoms with Crippen LogP contribution in [0.15, 0.2) is 30.6 Å². The van der Waals surface area contributed by atoms with Crippen molar-refractivity contribution in [2.45, 2.75) is 128 Å². The first-order valence-electron chi connectivity index (χ1n) is 16.6. The predicted octanol–water partition coefficient (Wildman–Crippen LogP) is 7.34. The summed E-state index contributed by atoms with van der Waals surface area (Å²) >= 11 is 0. The predicted molar refractivity (Wildman–Crippen MR) is 168 cm³/mol. The Morgan fingerprint density at radius 3 is 2.02 bits per heavy atom. The van der Waals surface area contributed by atoms with Gasteiger partial charge in [0, 0.05) is 56.2 Å². The van der Waals surface area contributed by atoms with Crippen LogP contribution in [0.2, 0.25) is 0 Å². The van der Waals surface area contributed by atoms with E-state index < -0.39 is 41.2 Å². The number of alkyl halides is 5. The van der Waals surface area contributed by atoms with E-state index in [2.05, 4.69) is 9.97 Å². The number of benzene rings is 1.